The predicted octanol–water partition coefficient (Wildman–Crippen LogP) is 3.79. The van der Waals surface area contributed by atoms with Crippen LogP contribution < -0.4 is 5.59 Å². The summed E-state index contributed by atoms with van der Waals surface area (Å²) >= 11 is 0. The number of aryl methyl sites for hydroxylation is 1. The van der Waals surface area contributed by atoms with E-state index in [1.165, 1.54) is 6.07 Å². The Morgan fingerprint density at radius 1 is 1.19 bits per heavy atom. The van der Waals surface area contributed by atoms with Crippen LogP contribution in [0.4, 0.5) is 17.7 Å². The van der Waals surface area contributed by atoms with Gasteiger partial charge in [-0.05, 0) is 50.8 Å². The monoisotopic (exact) mass is 298 g/mol. The second-order valence-electron chi connectivity index (χ2n) is 6.02. The number of ether oxygens (including phenoxy) is 1. The van der Waals surface area contributed by atoms with Crippen molar-refractivity contribution in [2.24, 2.45) is 0 Å². The van der Waals surface area contributed by atoms with E-state index in [0.29, 0.717) is 9.95 Å². The average Bonchev–Trinajstić information content (AvgIpc) is 2.64. The fraction of sp³-hybridized carbons (Fsp3) is 0.357. The Bertz CT molecular complexity index is 699. The SMILES string of the molecule is Cc1ccc2c(c1)cc([B-](F)(F)F)n2C(=O)OC(C)(C)C. The molecular weight excluding hydrogens is 282 g/mol. The summed E-state index contributed by atoms with van der Waals surface area (Å²) in [4.78, 5) is 12.1. The number of hydrogen-bond acceptors (Lipinski definition) is 2. The fourth-order valence-corrected chi connectivity index (χ4v) is 2.11. The van der Waals surface area contributed by atoms with E-state index in [1.807, 2.05) is 0 Å². The van der Waals surface area contributed by atoms with E-state index >= 15 is 0 Å². The molecule has 0 aliphatic heterocycles. The summed E-state index contributed by atoms with van der Waals surface area (Å²) in [7, 11) is 0. The highest BCUT2D eigenvalue weighted by atomic mass is 19.4. The fourth-order valence-electron chi connectivity index (χ4n) is 2.11. The second-order valence-corrected chi connectivity index (χ2v) is 6.02. The first kappa shape index (κ1) is 15.5. The Hall–Kier alpha value is -1.92. The normalized spacial score (nSPS) is 12.7. The summed E-state index contributed by atoms with van der Waals surface area (Å²) in [6, 6.07) is 5.77. The Kier molecular flexibility index (Phi) is 3.55. The lowest BCUT2D eigenvalue weighted by molar-refractivity contribution is 0.0547. The maximum atomic E-state index is 13.2. The zero-order valence-electron chi connectivity index (χ0n) is 12.3. The summed E-state index contributed by atoms with van der Waals surface area (Å²) in [5.74, 6) is 0. The first-order valence-corrected chi connectivity index (χ1v) is 6.54. The highest BCUT2D eigenvalue weighted by molar-refractivity contribution is 6.73. The van der Waals surface area contributed by atoms with Crippen molar-refractivity contribution in [3.63, 3.8) is 0 Å². The number of aromatic nitrogens is 1. The predicted molar refractivity (Wildman–Crippen MR) is 77.0 cm³/mol. The first-order valence-electron chi connectivity index (χ1n) is 6.54. The number of hydrogen-bond donors (Lipinski definition) is 0. The molecule has 21 heavy (non-hydrogen) atoms. The maximum Gasteiger partial charge on any atom is 0.526 e. The van der Waals surface area contributed by atoms with Crippen LogP contribution in [-0.4, -0.2) is 23.2 Å². The molecule has 0 saturated carbocycles. The molecule has 0 spiro atoms. The smallest absolute Gasteiger partial charge is 0.444 e. The molecular formula is C14H16BF3NO2-. The molecule has 7 heteroatoms. The van der Waals surface area contributed by atoms with Gasteiger partial charge in [-0.2, -0.15) is 0 Å². The van der Waals surface area contributed by atoms with Gasteiger partial charge in [0.15, 0.2) is 0 Å². The molecule has 2 rings (SSSR count). The van der Waals surface area contributed by atoms with Gasteiger partial charge < -0.3 is 17.7 Å². The van der Waals surface area contributed by atoms with Crippen molar-refractivity contribution in [2.75, 3.05) is 0 Å². The summed E-state index contributed by atoms with van der Waals surface area (Å²) in [5.41, 5.74) is -0.812. The minimum Gasteiger partial charge on any atom is -0.444 e. The van der Waals surface area contributed by atoms with Gasteiger partial charge >= 0.3 is 13.1 Å². The zero-order chi connectivity index (χ0) is 16.0. The number of halogens is 3. The molecule has 0 radical (unpaired) electrons. The summed E-state index contributed by atoms with van der Waals surface area (Å²) in [6.07, 6.45) is -1.02. The topological polar surface area (TPSA) is 31.2 Å². The number of carbonyl (C=O) groups is 1. The van der Waals surface area contributed by atoms with Crippen molar-refractivity contribution in [1.82, 2.24) is 4.57 Å². The van der Waals surface area contributed by atoms with Gasteiger partial charge in [-0.3, -0.25) is 4.57 Å². The van der Waals surface area contributed by atoms with Crippen LogP contribution in [0.25, 0.3) is 10.9 Å². The molecule has 0 bridgehead atoms. The molecule has 0 amide bonds. The van der Waals surface area contributed by atoms with Crippen molar-refractivity contribution in [3.8, 4) is 0 Å². The van der Waals surface area contributed by atoms with E-state index in [4.69, 9.17) is 4.74 Å². The standard InChI is InChI=1S/C14H16BF3NO2/c1-9-5-6-11-10(7-9)8-12(15(16,17)18)19(11)13(20)21-14(2,3)4/h5-8H,1-4H3/q-1. The lowest BCUT2D eigenvalue weighted by Crippen LogP contribution is -2.43. The van der Waals surface area contributed by atoms with Crippen molar-refractivity contribution in [2.45, 2.75) is 33.3 Å². The van der Waals surface area contributed by atoms with Gasteiger partial charge in [0.05, 0.1) is 5.52 Å². The molecule has 1 aromatic heterocycles. The third-order valence-corrected chi connectivity index (χ3v) is 2.90. The molecule has 0 N–H and O–H groups in total. The zero-order valence-corrected chi connectivity index (χ0v) is 12.3. The van der Waals surface area contributed by atoms with Gasteiger partial charge in [0.2, 0.25) is 0 Å². The summed E-state index contributed by atoms with van der Waals surface area (Å²) in [6.45, 7) is 1.29. The minimum absolute atomic E-state index is 0.198. The average molecular weight is 298 g/mol. The van der Waals surface area contributed by atoms with Gasteiger partial charge in [0.25, 0.3) is 0 Å². The molecule has 0 aliphatic rings. The van der Waals surface area contributed by atoms with Gasteiger partial charge in [0, 0.05) is 0 Å². The van der Waals surface area contributed by atoms with Crippen LogP contribution in [0.3, 0.4) is 0 Å². The van der Waals surface area contributed by atoms with Crippen LogP contribution in [0.1, 0.15) is 26.3 Å². The van der Waals surface area contributed by atoms with Crippen LogP contribution >= 0.6 is 0 Å². The van der Waals surface area contributed by atoms with Crippen LogP contribution in [0.5, 0.6) is 0 Å². The molecule has 3 nitrogen and oxygen atoms in total. The van der Waals surface area contributed by atoms with E-state index in [2.05, 4.69) is 0 Å². The molecule has 0 atom stereocenters. The van der Waals surface area contributed by atoms with Crippen LogP contribution in [0.15, 0.2) is 24.3 Å². The largest absolute Gasteiger partial charge is 0.526 e. The van der Waals surface area contributed by atoms with E-state index in [1.54, 1.807) is 39.8 Å². The summed E-state index contributed by atoms with van der Waals surface area (Å²) in [5, 5.41) is 0.370. The Morgan fingerprint density at radius 2 is 1.81 bits per heavy atom. The summed E-state index contributed by atoms with van der Waals surface area (Å²) < 4.78 is 45.3. The Labute approximate surface area is 120 Å². The minimum atomic E-state index is -5.32. The van der Waals surface area contributed by atoms with Crippen molar-refractivity contribution >= 4 is 29.6 Å². The van der Waals surface area contributed by atoms with Gasteiger partial charge in [-0.1, -0.05) is 17.7 Å². The number of fused-ring (bicyclic) bond motifs is 1. The lowest BCUT2D eigenvalue weighted by atomic mass is 9.86. The Morgan fingerprint density at radius 3 is 2.33 bits per heavy atom. The number of rotatable bonds is 1. The van der Waals surface area contributed by atoms with E-state index in [0.717, 1.165) is 11.6 Å². The van der Waals surface area contributed by atoms with Gasteiger partial charge in [0.1, 0.15) is 5.60 Å². The lowest BCUT2D eigenvalue weighted by Gasteiger charge is -2.23. The van der Waals surface area contributed by atoms with E-state index < -0.39 is 24.3 Å². The molecule has 2 aromatic rings. The van der Waals surface area contributed by atoms with Crippen LogP contribution in [0.2, 0.25) is 0 Å². The second kappa shape index (κ2) is 4.82. The number of carbonyl (C=O) groups excluding carboxylic acids is 1. The molecule has 0 fully saturated rings. The first-order chi connectivity index (χ1) is 9.49. The van der Waals surface area contributed by atoms with Crippen molar-refractivity contribution in [1.29, 1.82) is 0 Å². The number of benzene rings is 1. The molecule has 0 unspecified atom stereocenters. The third-order valence-electron chi connectivity index (χ3n) is 2.90. The molecule has 1 heterocycles. The quantitative estimate of drug-likeness (QED) is 0.750. The maximum absolute atomic E-state index is 13.2. The molecule has 1 aromatic carbocycles. The van der Waals surface area contributed by atoms with Crippen molar-refractivity contribution in [3.05, 3.63) is 29.8 Å². The number of nitrogens with zero attached hydrogens (tertiary/aromatic N) is 1. The van der Waals surface area contributed by atoms with E-state index in [9.17, 15) is 17.7 Å². The van der Waals surface area contributed by atoms with Gasteiger partial charge in [-0.25, -0.2) is 4.79 Å². The third kappa shape index (κ3) is 3.23. The van der Waals surface area contributed by atoms with E-state index in [-0.39, 0.29) is 5.52 Å². The highest BCUT2D eigenvalue weighted by Crippen LogP contribution is 2.22. The molecule has 114 valence electrons. The van der Waals surface area contributed by atoms with Crippen LogP contribution in [0, 0.1) is 6.92 Å². The highest BCUT2D eigenvalue weighted by Gasteiger charge is 2.33. The van der Waals surface area contributed by atoms with Crippen LogP contribution in [-0.2, 0) is 4.74 Å². The Balaban J connectivity index is 2.66. The van der Waals surface area contributed by atoms with Gasteiger partial charge in [-0.15, -0.1) is 0 Å². The molecule has 0 aliphatic carbocycles. The molecule has 0 saturated heterocycles. The van der Waals surface area contributed by atoms with Crippen molar-refractivity contribution < 1.29 is 22.5 Å².